The van der Waals surface area contributed by atoms with E-state index in [1.54, 1.807) is 0 Å². The van der Waals surface area contributed by atoms with E-state index in [9.17, 15) is 0 Å². The van der Waals surface area contributed by atoms with E-state index in [1.807, 2.05) is 24.3 Å². The Kier molecular flexibility index (Phi) is 3.25. The summed E-state index contributed by atoms with van der Waals surface area (Å²) in [4.78, 5) is 0.439. The van der Waals surface area contributed by atoms with Gasteiger partial charge in [0.2, 0.25) is 0 Å². The highest BCUT2D eigenvalue weighted by Gasteiger charge is 2.39. The molecular weight excluding hydrogens is 242 g/mol. The second kappa shape index (κ2) is 4.88. The molecule has 2 fully saturated rings. The number of ether oxygens (including phenoxy) is 1. The Morgan fingerprint density at radius 2 is 2.00 bits per heavy atom. The van der Waals surface area contributed by atoms with Crippen LogP contribution in [0.4, 0.5) is 0 Å². The van der Waals surface area contributed by atoms with Gasteiger partial charge >= 0.3 is 0 Å². The van der Waals surface area contributed by atoms with Gasteiger partial charge < -0.3 is 10.5 Å². The molecule has 96 valence electrons. The topological polar surface area (TPSA) is 35.2 Å². The van der Waals surface area contributed by atoms with Crippen molar-refractivity contribution in [3.05, 3.63) is 29.8 Å². The van der Waals surface area contributed by atoms with Crippen molar-refractivity contribution in [2.45, 2.75) is 25.7 Å². The van der Waals surface area contributed by atoms with Crippen LogP contribution in [0.1, 0.15) is 31.2 Å². The van der Waals surface area contributed by atoms with E-state index in [1.165, 1.54) is 25.7 Å². The second-order valence-electron chi connectivity index (χ2n) is 5.63. The molecule has 2 aliphatic carbocycles. The van der Waals surface area contributed by atoms with E-state index in [0.717, 1.165) is 35.7 Å². The first-order valence-corrected chi connectivity index (χ1v) is 7.16. The van der Waals surface area contributed by atoms with Crippen LogP contribution in [0.3, 0.4) is 0 Å². The van der Waals surface area contributed by atoms with Crippen molar-refractivity contribution >= 4 is 17.2 Å². The SMILES string of the molecule is NC(=S)c1ccc(OCC2CC3CCC2C3)cc1. The van der Waals surface area contributed by atoms with Crippen LogP contribution in [-0.2, 0) is 0 Å². The Morgan fingerprint density at radius 1 is 1.22 bits per heavy atom. The Hall–Kier alpha value is -1.09. The van der Waals surface area contributed by atoms with Crippen LogP contribution in [0.15, 0.2) is 24.3 Å². The van der Waals surface area contributed by atoms with Gasteiger partial charge in [0.15, 0.2) is 0 Å². The molecular formula is C15H19NOS. The minimum absolute atomic E-state index is 0.439. The normalized spacial score (nSPS) is 29.4. The molecule has 0 heterocycles. The molecule has 2 aliphatic rings. The van der Waals surface area contributed by atoms with Gasteiger partial charge in [0, 0.05) is 5.56 Å². The van der Waals surface area contributed by atoms with E-state index in [4.69, 9.17) is 22.7 Å². The van der Waals surface area contributed by atoms with Crippen LogP contribution in [0.2, 0.25) is 0 Å². The Labute approximate surface area is 114 Å². The maximum atomic E-state index is 5.89. The fraction of sp³-hybridized carbons (Fsp3) is 0.533. The van der Waals surface area contributed by atoms with Gasteiger partial charge in [-0.25, -0.2) is 0 Å². The lowest BCUT2D eigenvalue weighted by Crippen LogP contribution is -2.18. The van der Waals surface area contributed by atoms with Gasteiger partial charge in [-0.1, -0.05) is 18.6 Å². The Bertz CT molecular complexity index is 442. The number of rotatable bonds is 4. The summed E-state index contributed by atoms with van der Waals surface area (Å²) in [5.41, 5.74) is 6.47. The van der Waals surface area contributed by atoms with Gasteiger partial charge in [-0.2, -0.15) is 0 Å². The van der Waals surface area contributed by atoms with E-state index < -0.39 is 0 Å². The van der Waals surface area contributed by atoms with Crippen LogP contribution in [0.25, 0.3) is 0 Å². The van der Waals surface area contributed by atoms with Crippen molar-refractivity contribution in [1.29, 1.82) is 0 Å². The molecule has 2 nitrogen and oxygen atoms in total. The minimum atomic E-state index is 0.439. The number of nitrogens with two attached hydrogens (primary N) is 1. The first-order chi connectivity index (χ1) is 8.72. The molecule has 3 rings (SSSR count). The number of benzene rings is 1. The fourth-order valence-corrected chi connectivity index (χ4v) is 3.64. The molecule has 3 unspecified atom stereocenters. The molecule has 3 atom stereocenters. The van der Waals surface area contributed by atoms with Gasteiger partial charge in [0.1, 0.15) is 10.7 Å². The summed E-state index contributed by atoms with van der Waals surface area (Å²) in [6, 6.07) is 7.78. The summed E-state index contributed by atoms with van der Waals surface area (Å²) >= 11 is 4.93. The number of fused-ring (bicyclic) bond motifs is 2. The minimum Gasteiger partial charge on any atom is -0.493 e. The van der Waals surface area contributed by atoms with Gasteiger partial charge in [-0.15, -0.1) is 0 Å². The zero-order chi connectivity index (χ0) is 12.5. The third-order valence-electron chi connectivity index (χ3n) is 4.49. The van der Waals surface area contributed by atoms with Crippen molar-refractivity contribution in [2.75, 3.05) is 6.61 Å². The van der Waals surface area contributed by atoms with Crippen LogP contribution in [0, 0.1) is 17.8 Å². The third kappa shape index (κ3) is 2.37. The molecule has 0 spiro atoms. The van der Waals surface area contributed by atoms with Gasteiger partial charge in [0.05, 0.1) is 6.61 Å². The zero-order valence-corrected chi connectivity index (χ0v) is 11.3. The second-order valence-corrected chi connectivity index (χ2v) is 6.07. The largest absolute Gasteiger partial charge is 0.493 e. The van der Waals surface area contributed by atoms with Crippen molar-refractivity contribution in [1.82, 2.24) is 0 Å². The summed E-state index contributed by atoms with van der Waals surface area (Å²) in [6.07, 6.45) is 5.67. The molecule has 0 saturated heterocycles. The predicted octanol–water partition coefficient (Wildman–Crippen LogP) is 3.14. The molecule has 2 N–H and O–H groups in total. The van der Waals surface area contributed by atoms with Crippen LogP contribution in [0.5, 0.6) is 5.75 Å². The van der Waals surface area contributed by atoms with E-state index in [2.05, 4.69) is 0 Å². The Morgan fingerprint density at radius 3 is 2.56 bits per heavy atom. The molecule has 0 amide bonds. The lowest BCUT2D eigenvalue weighted by molar-refractivity contribution is 0.195. The molecule has 2 bridgehead atoms. The van der Waals surface area contributed by atoms with Gasteiger partial charge in [0.25, 0.3) is 0 Å². The molecule has 3 heteroatoms. The van der Waals surface area contributed by atoms with Crippen molar-refractivity contribution in [2.24, 2.45) is 23.5 Å². The first kappa shape index (κ1) is 12.0. The van der Waals surface area contributed by atoms with Crippen molar-refractivity contribution in [3.8, 4) is 5.75 Å². The summed E-state index contributed by atoms with van der Waals surface area (Å²) in [5.74, 6) is 3.61. The zero-order valence-electron chi connectivity index (χ0n) is 10.5. The lowest BCUT2D eigenvalue weighted by Gasteiger charge is -2.21. The average molecular weight is 261 g/mol. The smallest absolute Gasteiger partial charge is 0.119 e. The predicted molar refractivity (Wildman–Crippen MR) is 76.8 cm³/mol. The standard InChI is InChI=1S/C15H19NOS/c16-15(18)11-3-5-14(6-4-11)17-9-13-8-10-1-2-12(13)7-10/h3-6,10,12-13H,1-2,7-9H2,(H2,16,18). The van der Waals surface area contributed by atoms with Gasteiger partial charge in [-0.05, 0) is 61.3 Å². The summed E-state index contributed by atoms with van der Waals surface area (Å²) in [5, 5.41) is 0. The number of hydrogen-bond acceptors (Lipinski definition) is 2. The maximum absolute atomic E-state index is 5.89. The van der Waals surface area contributed by atoms with E-state index >= 15 is 0 Å². The fourth-order valence-electron chi connectivity index (χ4n) is 3.50. The molecule has 0 radical (unpaired) electrons. The first-order valence-electron chi connectivity index (χ1n) is 6.75. The highest BCUT2D eigenvalue weighted by atomic mass is 32.1. The van der Waals surface area contributed by atoms with E-state index in [-0.39, 0.29) is 0 Å². The molecule has 2 saturated carbocycles. The van der Waals surface area contributed by atoms with Crippen LogP contribution < -0.4 is 10.5 Å². The monoisotopic (exact) mass is 261 g/mol. The van der Waals surface area contributed by atoms with Crippen molar-refractivity contribution < 1.29 is 4.74 Å². The quantitative estimate of drug-likeness (QED) is 0.846. The molecule has 0 aromatic heterocycles. The van der Waals surface area contributed by atoms with Crippen LogP contribution >= 0.6 is 12.2 Å². The van der Waals surface area contributed by atoms with Crippen molar-refractivity contribution in [3.63, 3.8) is 0 Å². The summed E-state index contributed by atoms with van der Waals surface area (Å²) in [7, 11) is 0. The van der Waals surface area contributed by atoms with Crippen LogP contribution in [-0.4, -0.2) is 11.6 Å². The summed E-state index contributed by atoms with van der Waals surface area (Å²) in [6.45, 7) is 0.869. The molecule has 0 aliphatic heterocycles. The number of thiocarbonyl (C=S) groups is 1. The summed E-state index contributed by atoms with van der Waals surface area (Å²) < 4.78 is 5.89. The Balaban J connectivity index is 1.55. The lowest BCUT2D eigenvalue weighted by atomic mass is 9.89. The van der Waals surface area contributed by atoms with E-state index in [0.29, 0.717) is 4.99 Å². The maximum Gasteiger partial charge on any atom is 0.119 e. The van der Waals surface area contributed by atoms with Gasteiger partial charge in [-0.3, -0.25) is 0 Å². The highest BCUT2D eigenvalue weighted by Crippen LogP contribution is 2.48. The molecule has 1 aromatic rings. The number of hydrogen-bond donors (Lipinski definition) is 1. The third-order valence-corrected chi connectivity index (χ3v) is 4.72. The highest BCUT2D eigenvalue weighted by molar-refractivity contribution is 7.80. The molecule has 18 heavy (non-hydrogen) atoms. The molecule has 1 aromatic carbocycles. The average Bonchev–Trinajstić information content (AvgIpc) is 2.99.